The summed E-state index contributed by atoms with van der Waals surface area (Å²) < 4.78 is 11.5. The topological polar surface area (TPSA) is 21.8 Å². The summed E-state index contributed by atoms with van der Waals surface area (Å²) in [6.07, 6.45) is 4.71. The van der Waals surface area contributed by atoms with E-state index in [0.717, 1.165) is 12.8 Å². The van der Waals surface area contributed by atoms with Gasteiger partial charge in [-0.05, 0) is 39.2 Å². The van der Waals surface area contributed by atoms with Crippen LogP contribution in [0.4, 0.5) is 0 Å². The van der Waals surface area contributed by atoms with Crippen LogP contribution in [0.2, 0.25) is 0 Å². The zero-order valence-electron chi connectivity index (χ0n) is 12.2. The second-order valence-corrected chi connectivity index (χ2v) is 5.74. The molecule has 1 heterocycles. The van der Waals surface area contributed by atoms with Crippen molar-refractivity contribution < 1.29 is 9.47 Å². The monoisotopic (exact) mass is 260 g/mol. The molecule has 2 rings (SSSR count). The first kappa shape index (κ1) is 14.3. The molecular weight excluding hydrogens is 236 g/mol. The molecule has 1 fully saturated rings. The van der Waals surface area contributed by atoms with Crippen molar-refractivity contribution in [3.63, 3.8) is 0 Å². The van der Waals surface area contributed by atoms with Gasteiger partial charge in [0.25, 0.3) is 0 Å². The molecule has 0 spiro atoms. The molecule has 2 nitrogen and oxygen atoms in total. The van der Waals surface area contributed by atoms with Gasteiger partial charge in [-0.25, -0.2) is 0 Å². The van der Waals surface area contributed by atoms with Crippen LogP contribution in [0.5, 0.6) is 0 Å². The van der Waals surface area contributed by atoms with E-state index in [4.69, 9.17) is 9.47 Å². The van der Waals surface area contributed by atoms with Gasteiger partial charge in [-0.1, -0.05) is 42.0 Å². The van der Waals surface area contributed by atoms with Crippen LogP contribution in [-0.4, -0.2) is 18.3 Å². The van der Waals surface area contributed by atoms with Crippen LogP contribution in [-0.2, 0) is 16.1 Å². The summed E-state index contributed by atoms with van der Waals surface area (Å²) in [7, 11) is 0. The Balaban J connectivity index is 1.65. The maximum Gasteiger partial charge on any atom is 0.110 e. The summed E-state index contributed by atoms with van der Waals surface area (Å²) in [4.78, 5) is 0. The number of ether oxygens (including phenoxy) is 2. The van der Waals surface area contributed by atoms with Crippen LogP contribution in [0.15, 0.2) is 42.0 Å². The Morgan fingerprint density at radius 2 is 2.05 bits per heavy atom. The summed E-state index contributed by atoms with van der Waals surface area (Å²) in [5.74, 6) is 0. The molecule has 1 saturated heterocycles. The molecule has 0 saturated carbocycles. The molecule has 19 heavy (non-hydrogen) atoms. The lowest BCUT2D eigenvalue weighted by molar-refractivity contribution is 0.104. The van der Waals surface area contributed by atoms with Crippen LogP contribution in [0.1, 0.15) is 39.2 Å². The van der Waals surface area contributed by atoms with Gasteiger partial charge in [-0.2, -0.15) is 0 Å². The summed E-state index contributed by atoms with van der Waals surface area (Å²) in [5.41, 5.74) is 2.62. The highest BCUT2D eigenvalue weighted by molar-refractivity contribution is 5.13. The zero-order chi connectivity index (χ0) is 13.7. The Kier molecular flexibility index (Phi) is 4.78. The van der Waals surface area contributed by atoms with Crippen molar-refractivity contribution in [3.05, 3.63) is 47.5 Å². The Morgan fingerprint density at radius 3 is 2.74 bits per heavy atom. The molecule has 0 unspecified atom stereocenters. The molecule has 2 atom stereocenters. The quantitative estimate of drug-likeness (QED) is 0.543. The molecule has 0 amide bonds. The first-order valence-corrected chi connectivity index (χ1v) is 7.03. The van der Waals surface area contributed by atoms with Crippen LogP contribution >= 0.6 is 0 Å². The molecule has 0 radical (unpaired) electrons. The van der Waals surface area contributed by atoms with E-state index in [9.17, 15) is 0 Å². The number of benzene rings is 1. The molecule has 2 heteroatoms. The van der Waals surface area contributed by atoms with E-state index in [1.165, 1.54) is 11.1 Å². The van der Waals surface area contributed by atoms with Crippen molar-refractivity contribution in [2.24, 2.45) is 0 Å². The summed E-state index contributed by atoms with van der Waals surface area (Å²) in [6.45, 7) is 7.82. The van der Waals surface area contributed by atoms with Crippen molar-refractivity contribution >= 4 is 0 Å². The van der Waals surface area contributed by atoms with E-state index in [1.807, 2.05) is 18.2 Å². The van der Waals surface area contributed by atoms with Gasteiger partial charge in [0.1, 0.15) is 6.10 Å². The van der Waals surface area contributed by atoms with Crippen molar-refractivity contribution in [1.82, 2.24) is 0 Å². The Labute approximate surface area is 116 Å². The largest absolute Gasteiger partial charge is 0.374 e. The van der Waals surface area contributed by atoms with Crippen molar-refractivity contribution in [1.29, 1.82) is 0 Å². The number of epoxide rings is 1. The second kappa shape index (κ2) is 6.36. The number of allylic oxidation sites excluding steroid dienone is 2. The lowest BCUT2D eigenvalue weighted by atomic mass is 10.0. The summed E-state index contributed by atoms with van der Waals surface area (Å²) in [5, 5.41) is 0. The third kappa shape index (κ3) is 4.48. The van der Waals surface area contributed by atoms with Gasteiger partial charge < -0.3 is 9.47 Å². The van der Waals surface area contributed by atoms with E-state index in [0.29, 0.717) is 13.2 Å². The van der Waals surface area contributed by atoms with Crippen molar-refractivity contribution in [2.45, 2.75) is 51.9 Å². The molecule has 1 aromatic carbocycles. The van der Waals surface area contributed by atoms with Crippen LogP contribution < -0.4 is 0 Å². The van der Waals surface area contributed by atoms with E-state index in [2.05, 4.69) is 39.0 Å². The molecular formula is C17H24O2. The van der Waals surface area contributed by atoms with Gasteiger partial charge in [-0.15, -0.1) is 0 Å². The molecule has 1 aromatic rings. The fourth-order valence-corrected chi connectivity index (χ4v) is 2.23. The van der Waals surface area contributed by atoms with Crippen LogP contribution in [0.3, 0.4) is 0 Å². The van der Waals surface area contributed by atoms with Gasteiger partial charge >= 0.3 is 0 Å². The standard InChI is InChI=1S/C17H24O2/c1-14(2)8-7-11-17(3)16(19-17)13-18-12-15-9-5-4-6-10-15/h4-6,8-10,16H,7,11-13H2,1-3H3/t16-,17+/m1/s1. The fourth-order valence-electron chi connectivity index (χ4n) is 2.23. The lowest BCUT2D eigenvalue weighted by Crippen LogP contribution is -2.14. The summed E-state index contributed by atoms with van der Waals surface area (Å²) in [6, 6.07) is 10.3. The van der Waals surface area contributed by atoms with E-state index < -0.39 is 0 Å². The van der Waals surface area contributed by atoms with Crippen molar-refractivity contribution in [2.75, 3.05) is 6.61 Å². The minimum Gasteiger partial charge on any atom is -0.374 e. The molecule has 1 aliphatic heterocycles. The number of hydrogen-bond donors (Lipinski definition) is 0. The van der Waals surface area contributed by atoms with Crippen molar-refractivity contribution in [3.8, 4) is 0 Å². The number of rotatable bonds is 7. The minimum absolute atomic E-state index is 0.0304. The smallest absolute Gasteiger partial charge is 0.110 e. The summed E-state index contributed by atoms with van der Waals surface area (Å²) >= 11 is 0. The molecule has 0 aromatic heterocycles. The molecule has 0 N–H and O–H groups in total. The first-order valence-electron chi connectivity index (χ1n) is 7.03. The van der Waals surface area contributed by atoms with Crippen LogP contribution in [0, 0.1) is 0 Å². The zero-order valence-corrected chi connectivity index (χ0v) is 12.2. The minimum atomic E-state index is 0.0304. The van der Waals surface area contributed by atoms with E-state index in [1.54, 1.807) is 0 Å². The molecule has 0 aliphatic carbocycles. The van der Waals surface area contributed by atoms with Gasteiger partial charge in [0.05, 0.1) is 18.8 Å². The predicted molar refractivity (Wildman–Crippen MR) is 78.0 cm³/mol. The van der Waals surface area contributed by atoms with Gasteiger partial charge in [0.15, 0.2) is 0 Å². The first-order chi connectivity index (χ1) is 9.10. The Bertz CT molecular complexity index is 420. The average molecular weight is 260 g/mol. The highest BCUT2D eigenvalue weighted by Gasteiger charge is 2.51. The Morgan fingerprint density at radius 1 is 1.32 bits per heavy atom. The highest BCUT2D eigenvalue weighted by atomic mass is 16.6. The fraction of sp³-hybridized carbons (Fsp3) is 0.529. The van der Waals surface area contributed by atoms with Gasteiger partial charge in [0, 0.05) is 0 Å². The molecule has 0 bridgehead atoms. The van der Waals surface area contributed by atoms with E-state index in [-0.39, 0.29) is 11.7 Å². The Hall–Kier alpha value is -1.12. The number of hydrogen-bond acceptors (Lipinski definition) is 2. The average Bonchev–Trinajstić information content (AvgIpc) is 3.01. The molecule has 104 valence electrons. The highest BCUT2D eigenvalue weighted by Crippen LogP contribution is 2.40. The maximum absolute atomic E-state index is 5.77. The lowest BCUT2D eigenvalue weighted by Gasteiger charge is -2.05. The maximum atomic E-state index is 5.77. The van der Waals surface area contributed by atoms with Gasteiger partial charge in [0.2, 0.25) is 0 Å². The third-order valence-corrected chi connectivity index (χ3v) is 3.61. The normalized spacial score (nSPS) is 25.1. The third-order valence-electron chi connectivity index (χ3n) is 3.61. The van der Waals surface area contributed by atoms with Gasteiger partial charge in [-0.3, -0.25) is 0 Å². The van der Waals surface area contributed by atoms with E-state index >= 15 is 0 Å². The van der Waals surface area contributed by atoms with Crippen LogP contribution in [0.25, 0.3) is 0 Å². The SMILES string of the molecule is CC(C)=CCC[C@]1(C)O[C@@H]1COCc1ccccc1. The molecule has 1 aliphatic rings. The predicted octanol–water partition coefficient (Wildman–Crippen LogP) is 4.11. The second-order valence-electron chi connectivity index (χ2n) is 5.74.